The maximum atomic E-state index is 12.8. The lowest BCUT2D eigenvalue weighted by molar-refractivity contribution is 0.131. The molecule has 1 atom stereocenters. The number of benzene rings is 1. The highest BCUT2D eigenvalue weighted by molar-refractivity contribution is 14.0. The molecule has 0 saturated carbocycles. The molecule has 1 aromatic rings. The monoisotopic (exact) mass is 495 g/mol. The van der Waals surface area contributed by atoms with Crippen molar-refractivity contribution in [2.75, 3.05) is 46.1 Å². The number of aliphatic hydroxyl groups is 1. The lowest BCUT2D eigenvalue weighted by atomic mass is 9.84. The van der Waals surface area contributed by atoms with Crippen LogP contribution in [0.1, 0.15) is 26.2 Å². The van der Waals surface area contributed by atoms with Crippen LogP contribution < -0.4 is 15.4 Å². The Morgan fingerprint density at radius 2 is 2.11 bits per heavy atom. The molecule has 0 amide bonds. The quantitative estimate of drug-likeness (QED) is 0.202. The molecule has 8 heteroatoms. The summed E-state index contributed by atoms with van der Waals surface area (Å²) in [5, 5.41) is 15.8. The largest absolute Gasteiger partial charge is 0.494 e. The van der Waals surface area contributed by atoms with Crippen LogP contribution in [-0.4, -0.2) is 57.1 Å². The van der Waals surface area contributed by atoms with Gasteiger partial charge in [-0.3, -0.25) is 4.99 Å². The first-order valence-electron chi connectivity index (χ1n) is 9.26. The van der Waals surface area contributed by atoms with Gasteiger partial charge in [0.25, 0.3) is 0 Å². The Hall–Kier alpha value is -1.13. The van der Waals surface area contributed by atoms with E-state index < -0.39 is 0 Å². The summed E-state index contributed by atoms with van der Waals surface area (Å²) in [5.41, 5.74) is -0.0528. The zero-order valence-corrected chi connectivity index (χ0v) is 18.2. The summed E-state index contributed by atoms with van der Waals surface area (Å²) < 4.78 is 23.9. The molecular weight excluding hydrogens is 464 g/mol. The lowest BCUT2D eigenvalue weighted by Gasteiger charge is -2.24. The molecule has 2 rings (SSSR count). The second kappa shape index (κ2) is 13.1. The molecule has 1 unspecified atom stereocenters. The molecule has 0 aliphatic carbocycles. The molecule has 1 aromatic carbocycles. The second-order valence-corrected chi connectivity index (χ2v) is 6.55. The minimum Gasteiger partial charge on any atom is -0.494 e. The van der Waals surface area contributed by atoms with Crippen molar-refractivity contribution in [2.45, 2.75) is 26.2 Å². The van der Waals surface area contributed by atoms with Crippen LogP contribution >= 0.6 is 24.0 Å². The van der Waals surface area contributed by atoms with Crippen molar-refractivity contribution in [3.05, 3.63) is 30.1 Å². The Bertz CT molecular complexity index is 552. The number of halogens is 2. The van der Waals surface area contributed by atoms with Crippen molar-refractivity contribution >= 4 is 29.9 Å². The van der Waals surface area contributed by atoms with Gasteiger partial charge in [0.05, 0.1) is 19.8 Å². The SMILES string of the molecule is CCNC(=NCC1(CCO)CCOC1)NCCCOc1ccc(F)cc1.I. The van der Waals surface area contributed by atoms with Crippen molar-refractivity contribution in [1.29, 1.82) is 0 Å². The average Bonchev–Trinajstić information content (AvgIpc) is 3.10. The molecule has 0 radical (unpaired) electrons. The Morgan fingerprint density at radius 1 is 1.33 bits per heavy atom. The van der Waals surface area contributed by atoms with E-state index in [0.717, 1.165) is 38.5 Å². The fraction of sp³-hybridized carbons (Fsp3) is 0.632. The van der Waals surface area contributed by atoms with Crippen LogP contribution in [0.3, 0.4) is 0 Å². The van der Waals surface area contributed by atoms with Crippen LogP contribution in [0.15, 0.2) is 29.3 Å². The molecule has 0 spiro atoms. The molecule has 0 aromatic heterocycles. The number of hydrogen-bond acceptors (Lipinski definition) is 4. The predicted molar refractivity (Wildman–Crippen MR) is 115 cm³/mol. The van der Waals surface area contributed by atoms with Gasteiger partial charge in [0.1, 0.15) is 11.6 Å². The molecular formula is C19H31FIN3O3. The molecule has 3 N–H and O–H groups in total. The van der Waals surface area contributed by atoms with E-state index >= 15 is 0 Å². The fourth-order valence-electron chi connectivity index (χ4n) is 2.88. The van der Waals surface area contributed by atoms with Crippen molar-refractivity contribution in [3.63, 3.8) is 0 Å². The van der Waals surface area contributed by atoms with Gasteiger partial charge in [-0.05, 0) is 50.5 Å². The predicted octanol–water partition coefficient (Wildman–Crippen LogP) is 2.56. The van der Waals surface area contributed by atoms with Crippen LogP contribution in [0.2, 0.25) is 0 Å². The number of aliphatic hydroxyl groups excluding tert-OH is 1. The van der Waals surface area contributed by atoms with E-state index in [-0.39, 0.29) is 41.8 Å². The second-order valence-electron chi connectivity index (χ2n) is 6.55. The Morgan fingerprint density at radius 3 is 2.74 bits per heavy atom. The molecule has 6 nitrogen and oxygen atoms in total. The highest BCUT2D eigenvalue weighted by Gasteiger charge is 2.34. The van der Waals surface area contributed by atoms with E-state index in [1.165, 1.54) is 12.1 Å². The fourth-order valence-corrected chi connectivity index (χ4v) is 2.88. The van der Waals surface area contributed by atoms with E-state index in [9.17, 15) is 9.50 Å². The van der Waals surface area contributed by atoms with E-state index in [2.05, 4.69) is 15.6 Å². The highest BCUT2D eigenvalue weighted by Crippen LogP contribution is 2.32. The van der Waals surface area contributed by atoms with Gasteiger partial charge in [-0.25, -0.2) is 4.39 Å². The van der Waals surface area contributed by atoms with Crippen molar-refractivity contribution in [1.82, 2.24) is 10.6 Å². The lowest BCUT2D eigenvalue weighted by Crippen LogP contribution is -2.39. The normalized spacial score (nSPS) is 19.4. The summed E-state index contributed by atoms with van der Waals surface area (Å²) in [6, 6.07) is 6.02. The van der Waals surface area contributed by atoms with Crippen LogP contribution in [0, 0.1) is 11.2 Å². The summed E-state index contributed by atoms with van der Waals surface area (Å²) in [6.07, 6.45) is 2.44. The molecule has 1 heterocycles. The maximum Gasteiger partial charge on any atom is 0.191 e. The van der Waals surface area contributed by atoms with Gasteiger partial charge in [0.2, 0.25) is 0 Å². The summed E-state index contributed by atoms with van der Waals surface area (Å²) in [5.74, 6) is 1.16. The number of guanidine groups is 1. The average molecular weight is 495 g/mol. The minimum atomic E-state index is -0.267. The standard InChI is InChI=1S/C19H30FN3O3.HI/c1-2-21-18(23-14-19(8-11-24)9-13-25-15-19)22-10-3-12-26-17-6-4-16(20)5-7-17;/h4-7,24H,2-3,8-15H2,1H3,(H2,21,22,23);1H. The molecule has 1 saturated heterocycles. The number of nitrogens with one attached hydrogen (secondary N) is 2. The third-order valence-electron chi connectivity index (χ3n) is 4.44. The molecule has 1 aliphatic heterocycles. The van der Waals surface area contributed by atoms with Gasteiger partial charge in [-0.2, -0.15) is 0 Å². The summed E-state index contributed by atoms with van der Waals surface area (Å²) in [7, 11) is 0. The van der Waals surface area contributed by atoms with Gasteiger partial charge in [-0.1, -0.05) is 0 Å². The van der Waals surface area contributed by atoms with Gasteiger partial charge in [0.15, 0.2) is 5.96 Å². The Balaban J connectivity index is 0.00000364. The van der Waals surface area contributed by atoms with Crippen LogP contribution in [-0.2, 0) is 4.74 Å². The van der Waals surface area contributed by atoms with E-state index in [1.807, 2.05) is 6.92 Å². The van der Waals surface area contributed by atoms with Gasteiger partial charge in [-0.15, -0.1) is 24.0 Å². The van der Waals surface area contributed by atoms with Crippen molar-refractivity contribution < 1.29 is 19.0 Å². The summed E-state index contributed by atoms with van der Waals surface area (Å²) >= 11 is 0. The first kappa shape index (κ1) is 23.9. The van der Waals surface area contributed by atoms with E-state index in [4.69, 9.17) is 9.47 Å². The molecule has 1 aliphatic rings. The summed E-state index contributed by atoms with van der Waals surface area (Å²) in [4.78, 5) is 4.67. The topological polar surface area (TPSA) is 75.1 Å². The van der Waals surface area contributed by atoms with Crippen LogP contribution in [0.25, 0.3) is 0 Å². The van der Waals surface area contributed by atoms with E-state index in [0.29, 0.717) is 31.9 Å². The van der Waals surface area contributed by atoms with Gasteiger partial charge in [0, 0.05) is 31.7 Å². The van der Waals surface area contributed by atoms with Crippen LogP contribution in [0.5, 0.6) is 5.75 Å². The first-order chi connectivity index (χ1) is 12.7. The van der Waals surface area contributed by atoms with Crippen molar-refractivity contribution in [3.8, 4) is 5.75 Å². The number of nitrogens with zero attached hydrogens (tertiary/aromatic N) is 1. The minimum absolute atomic E-state index is 0. The smallest absolute Gasteiger partial charge is 0.191 e. The number of ether oxygens (including phenoxy) is 2. The molecule has 27 heavy (non-hydrogen) atoms. The third kappa shape index (κ3) is 8.61. The molecule has 0 bridgehead atoms. The Kier molecular flexibility index (Phi) is 11.6. The van der Waals surface area contributed by atoms with Crippen molar-refractivity contribution in [2.24, 2.45) is 10.4 Å². The highest BCUT2D eigenvalue weighted by atomic mass is 127. The van der Waals surface area contributed by atoms with Gasteiger partial charge >= 0.3 is 0 Å². The summed E-state index contributed by atoms with van der Waals surface area (Å²) in [6.45, 7) is 6.25. The van der Waals surface area contributed by atoms with Crippen LogP contribution in [0.4, 0.5) is 4.39 Å². The third-order valence-corrected chi connectivity index (χ3v) is 4.44. The van der Waals surface area contributed by atoms with E-state index in [1.54, 1.807) is 12.1 Å². The first-order valence-corrected chi connectivity index (χ1v) is 9.26. The molecule has 154 valence electrons. The zero-order chi connectivity index (χ0) is 18.7. The zero-order valence-electron chi connectivity index (χ0n) is 15.9. The maximum absolute atomic E-state index is 12.8. The Labute approximate surface area is 177 Å². The number of hydrogen-bond donors (Lipinski definition) is 3. The number of rotatable bonds is 10. The number of aliphatic imine (C=N–C) groups is 1. The van der Waals surface area contributed by atoms with Gasteiger partial charge < -0.3 is 25.2 Å². The molecule has 1 fully saturated rings.